The number of nitrogens with one attached hydrogen (secondary N) is 2. The third-order valence-corrected chi connectivity index (χ3v) is 7.45. The van der Waals surface area contributed by atoms with Crippen LogP contribution in [0, 0.1) is 11.3 Å². The van der Waals surface area contributed by atoms with Crippen LogP contribution in [0.1, 0.15) is 58.3 Å². The first-order valence-corrected chi connectivity index (χ1v) is 11.0. The smallest absolute Gasteiger partial charge is 0.230 e. The van der Waals surface area contributed by atoms with Crippen molar-refractivity contribution >= 4 is 17.7 Å². The summed E-state index contributed by atoms with van der Waals surface area (Å²) < 4.78 is 0. The zero-order chi connectivity index (χ0) is 19.8. The Bertz CT molecular complexity index is 622. The van der Waals surface area contributed by atoms with Crippen molar-refractivity contribution in [3.8, 4) is 0 Å². The standard InChI is InChI=1S/C21H34N4O3/c1-20(23-18(27)16-4-5-17(26)22-14-16)8-12-25(13-9-20)19(28)21-6-2-10-24(15-21)11-3-7-21/h16H,2-15H2,1H3,(H,22,26)(H,23,27). The van der Waals surface area contributed by atoms with E-state index in [1.807, 2.05) is 0 Å². The fourth-order valence-electron chi connectivity index (χ4n) is 5.56. The number of likely N-dealkylation sites (tertiary alicyclic amines) is 1. The van der Waals surface area contributed by atoms with Crippen LogP contribution >= 0.6 is 0 Å². The van der Waals surface area contributed by atoms with E-state index in [0.29, 0.717) is 25.3 Å². The Morgan fingerprint density at radius 1 is 1.07 bits per heavy atom. The van der Waals surface area contributed by atoms with Crippen molar-refractivity contribution in [2.45, 2.75) is 63.8 Å². The average molecular weight is 391 g/mol. The summed E-state index contributed by atoms with van der Waals surface area (Å²) in [6.07, 6.45) is 6.96. The van der Waals surface area contributed by atoms with E-state index in [1.54, 1.807) is 0 Å². The number of rotatable bonds is 3. The first kappa shape index (κ1) is 19.7. The van der Waals surface area contributed by atoms with Crippen molar-refractivity contribution in [3.05, 3.63) is 0 Å². The van der Waals surface area contributed by atoms with Crippen LogP contribution < -0.4 is 10.6 Å². The second-order valence-corrected chi connectivity index (χ2v) is 9.65. The zero-order valence-corrected chi connectivity index (χ0v) is 17.1. The highest BCUT2D eigenvalue weighted by Gasteiger charge is 2.47. The zero-order valence-electron chi connectivity index (χ0n) is 17.1. The van der Waals surface area contributed by atoms with Crippen molar-refractivity contribution < 1.29 is 14.4 Å². The number of amides is 3. The molecule has 3 amide bonds. The number of hydrogen-bond acceptors (Lipinski definition) is 4. The molecule has 1 unspecified atom stereocenters. The summed E-state index contributed by atoms with van der Waals surface area (Å²) in [6, 6.07) is 0. The predicted molar refractivity (Wildman–Crippen MR) is 105 cm³/mol. The van der Waals surface area contributed by atoms with Gasteiger partial charge in [-0.25, -0.2) is 0 Å². The van der Waals surface area contributed by atoms with Gasteiger partial charge >= 0.3 is 0 Å². The van der Waals surface area contributed by atoms with E-state index >= 15 is 0 Å². The highest BCUT2D eigenvalue weighted by Crippen LogP contribution is 2.40. The Balaban J connectivity index is 1.31. The Labute approximate surface area is 167 Å². The predicted octanol–water partition coefficient (Wildman–Crippen LogP) is 0.886. The average Bonchev–Trinajstić information content (AvgIpc) is 2.68. The van der Waals surface area contributed by atoms with Gasteiger partial charge in [-0.15, -0.1) is 0 Å². The molecule has 1 atom stereocenters. The quantitative estimate of drug-likeness (QED) is 0.750. The minimum atomic E-state index is -0.266. The topological polar surface area (TPSA) is 81.8 Å². The van der Waals surface area contributed by atoms with Gasteiger partial charge in [-0.05, 0) is 65.0 Å². The number of carbonyl (C=O) groups excluding carboxylic acids is 3. The van der Waals surface area contributed by atoms with Crippen LogP contribution in [0.25, 0.3) is 0 Å². The normalized spacial score (nSPS) is 35.0. The fourth-order valence-corrected chi connectivity index (χ4v) is 5.56. The van der Waals surface area contributed by atoms with Gasteiger partial charge < -0.3 is 20.4 Å². The van der Waals surface area contributed by atoms with Gasteiger partial charge in [0.25, 0.3) is 0 Å². The number of carbonyl (C=O) groups is 3. The molecule has 7 heteroatoms. The molecule has 28 heavy (non-hydrogen) atoms. The summed E-state index contributed by atoms with van der Waals surface area (Å²) in [5.74, 6) is 0.283. The van der Waals surface area contributed by atoms with Crippen molar-refractivity contribution in [2.75, 3.05) is 39.3 Å². The van der Waals surface area contributed by atoms with Gasteiger partial charge in [0.2, 0.25) is 17.7 Å². The van der Waals surface area contributed by atoms with Gasteiger partial charge in [0.05, 0.1) is 11.3 Å². The maximum atomic E-state index is 13.4. The van der Waals surface area contributed by atoms with Gasteiger partial charge in [0, 0.05) is 38.1 Å². The van der Waals surface area contributed by atoms with Crippen LogP contribution in [0.3, 0.4) is 0 Å². The second kappa shape index (κ2) is 7.65. The van der Waals surface area contributed by atoms with E-state index in [0.717, 1.165) is 71.2 Å². The lowest BCUT2D eigenvalue weighted by Gasteiger charge is -2.49. The van der Waals surface area contributed by atoms with Gasteiger partial charge in [0.15, 0.2) is 0 Å². The number of hydrogen-bond donors (Lipinski definition) is 2. The molecule has 4 rings (SSSR count). The molecule has 7 nitrogen and oxygen atoms in total. The molecular weight excluding hydrogens is 356 g/mol. The molecule has 0 aliphatic carbocycles. The second-order valence-electron chi connectivity index (χ2n) is 9.65. The summed E-state index contributed by atoms with van der Waals surface area (Å²) in [5.41, 5.74) is -0.425. The van der Waals surface area contributed by atoms with Gasteiger partial charge in [-0.3, -0.25) is 14.4 Å². The van der Waals surface area contributed by atoms with Crippen molar-refractivity contribution in [2.24, 2.45) is 11.3 Å². The molecule has 0 aromatic carbocycles. The molecule has 4 fully saturated rings. The number of piperidine rings is 4. The van der Waals surface area contributed by atoms with Crippen LogP contribution in [0.2, 0.25) is 0 Å². The molecule has 0 spiro atoms. The van der Waals surface area contributed by atoms with Crippen LogP contribution in [-0.4, -0.2) is 72.3 Å². The molecule has 0 saturated carbocycles. The molecule has 4 aliphatic rings. The summed E-state index contributed by atoms with van der Waals surface area (Å²) in [5, 5.41) is 6.01. The lowest BCUT2D eigenvalue weighted by molar-refractivity contribution is -0.150. The number of fused-ring (bicyclic) bond motifs is 2. The minimum Gasteiger partial charge on any atom is -0.355 e. The fraction of sp³-hybridized carbons (Fsp3) is 0.857. The van der Waals surface area contributed by atoms with E-state index in [4.69, 9.17) is 0 Å². The minimum absolute atomic E-state index is 0.0328. The monoisotopic (exact) mass is 390 g/mol. The molecule has 0 radical (unpaired) electrons. The van der Waals surface area contributed by atoms with E-state index in [2.05, 4.69) is 27.4 Å². The van der Waals surface area contributed by atoms with Crippen molar-refractivity contribution in [1.29, 1.82) is 0 Å². The number of nitrogens with zero attached hydrogens (tertiary/aromatic N) is 2. The SMILES string of the molecule is CC1(NC(=O)C2CCC(=O)NC2)CCN(C(=O)C23CCCN(CCC2)C3)CC1. The van der Waals surface area contributed by atoms with Gasteiger partial charge in [-0.2, -0.15) is 0 Å². The third-order valence-electron chi connectivity index (χ3n) is 7.45. The van der Waals surface area contributed by atoms with Crippen LogP contribution in [0.5, 0.6) is 0 Å². The molecule has 0 aromatic heterocycles. The first-order valence-electron chi connectivity index (χ1n) is 11.0. The maximum absolute atomic E-state index is 13.4. The molecule has 2 N–H and O–H groups in total. The summed E-state index contributed by atoms with van der Waals surface area (Å²) >= 11 is 0. The molecule has 4 saturated heterocycles. The van der Waals surface area contributed by atoms with E-state index < -0.39 is 0 Å². The largest absolute Gasteiger partial charge is 0.355 e. The van der Waals surface area contributed by atoms with E-state index in [-0.39, 0.29) is 28.7 Å². The van der Waals surface area contributed by atoms with Crippen molar-refractivity contribution in [1.82, 2.24) is 20.4 Å². The Hall–Kier alpha value is -1.63. The summed E-state index contributed by atoms with van der Waals surface area (Å²) in [4.78, 5) is 41.8. The van der Waals surface area contributed by atoms with Crippen LogP contribution in [0.15, 0.2) is 0 Å². The Kier molecular flexibility index (Phi) is 5.38. The summed E-state index contributed by atoms with van der Waals surface area (Å²) in [6.45, 7) is 7.18. The summed E-state index contributed by atoms with van der Waals surface area (Å²) in [7, 11) is 0. The van der Waals surface area contributed by atoms with Crippen LogP contribution in [-0.2, 0) is 14.4 Å². The Morgan fingerprint density at radius 3 is 2.36 bits per heavy atom. The van der Waals surface area contributed by atoms with Gasteiger partial charge in [-0.1, -0.05) is 0 Å². The molecular formula is C21H34N4O3. The maximum Gasteiger partial charge on any atom is 0.230 e. The highest BCUT2D eigenvalue weighted by molar-refractivity contribution is 5.85. The molecule has 156 valence electrons. The molecule has 4 aliphatic heterocycles. The highest BCUT2D eigenvalue weighted by atomic mass is 16.2. The van der Waals surface area contributed by atoms with Crippen LogP contribution in [0.4, 0.5) is 0 Å². The van der Waals surface area contributed by atoms with Crippen molar-refractivity contribution in [3.63, 3.8) is 0 Å². The Morgan fingerprint density at radius 2 is 1.75 bits per heavy atom. The third kappa shape index (κ3) is 3.91. The molecule has 0 aromatic rings. The first-order chi connectivity index (χ1) is 13.4. The lowest BCUT2D eigenvalue weighted by atomic mass is 9.72. The van der Waals surface area contributed by atoms with E-state index in [1.165, 1.54) is 0 Å². The lowest BCUT2D eigenvalue weighted by Crippen LogP contribution is -2.60. The molecule has 2 bridgehead atoms. The molecule has 4 heterocycles. The van der Waals surface area contributed by atoms with Gasteiger partial charge in [0.1, 0.15) is 0 Å². The van der Waals surface area contributed by atoms with E-state index in [9.17, 15) is 14.4 Å².